The molecule has 4 aromatic rings. The number of phenols is 2. The number of benzene rings is 4. The van der Waals surface area contributed by atoms with Gasteiger partial charge in [0.25, 0.3) is 5.91 Å². The maximum Gasteiger partial charge on any atom is 0.271 e. The fourth-order valence-electron chi connectivity index (χ4n) is 3.46. The molecule has 0 radical (unpaired) electrons. The van der Waals surface area contributed by atoms with Crippen LogP contribution in [0.3, 0.4) is 0 Å². The number of hydrogen-bond acceptors (Lipinski definition) is 5. The molecule has 8 heteroatoms. The molecule has 4 rings (SSSR count). The fourth-order valence-corrected chi connectivity index (χ4v) is 3.64. The first kappa shape index (κ1) is 22.8. The van der Waals surface area contributed by atoms with Crippen molar-refractivity contribution in [2.24, 2.45) is 5.10 Å². The van der Waals surface area contributed by atoms with E-state index in [0.29, 0.717) is 11.3 Å². The van der Waals surface area contributed by atoms with Crippen LogP contribution in [0.2, 0.25) is 5.02 Å². The molecule has 170 valence electrons. The summed E-state index contributed by atoms with van der Waals surface area (Å²) in [6.45, 7) is 0. The summed E-state index contributed by atoms with van der Waals surface area (Å²) in [5, 5.41) is 27.8. The second-order valence-corrected chi connectivity index (χ2v) is 7.92. The number of hydrazone groups is 1. The molecule has 4 N–H and O–H groups in total. The predicted molar refractivity (Wildman–Crippen MR) is 133 cm³/mol. The van der Waals surface area contributed by atoms with Crippen LogP contribution in [0.4, 0.5) is 5.69 Å². The summed E-state index contributed by atoms with van der Waals surface area (Å²) in [4.78, 5) is 24.8. The molecule has 0 aromatic heterocycles. The van der Waals surface area contributed by atoms with E-state index in [1.54, 1.807) is 36.4 Å². The van der Waals surface area contributed by atoms with E-state index in [0.717, 1.165) is 16.3 Å². The van der Waals surface area contributed by atoms with Crippen LogP contribution in [0.5, 0.6) is 11.5 Å². The number of amides is 2. The molecule has 0 aliphatic carbocycles. The first-order chi connectivity index (χ1) is 16.4. The van der Waals surface area contributed by atoms with E-state index in [-0.39, 0.29) is 34.4 Å². The Bertz CT molecular complexity index is 1420. The maximum atomic E-state index is 12.6. The number of hydrogen-bond donors (Lipinski definition) is 4. The minimum atomic E-state index is -0.474. The van der Waals surface area contributed by atoms with Crippen LogP contribution in [0.1, 0.15) is 21.5 Å². The van der Waals surface area contributed by atoms with Crippen molar-refractivity contribution >= 4 is 46.1 Å². The van der Waals surface area contributed by atoms with Crippen molar-refractivity contribution in [2.45, 2.75) is 6.42 Å². The number of nitrogens with one attached hydrogen (secondary N) is 2. The van der Waals surface area contributed by atoms with Crippen molar-refractivity contribution in [1.82, 2.24) is 5.43 Å². The number of carbonyl (C=O) groups excluding carboxylic acids is 2. The topological polar surface area (TPSA) is 111 Å². The molecular weight excluding hydrogens is 454 g/mol. The average Bonchev–Trinajstić information content (AvgIpc) is 2.82. The van der Waals surface area contributed by atoms with Gasteiger partial charge < -0.3 is 15.5 Å². The van der Waals surface area contributed by atoms with Crippen molar-refractivity contribution in [1.29, 1.82) is 0 Å². The van der Waals surface area contributed by atoms with Crippen molar-refractivity contribution < 1.29 is 19.8 Å². The smallest absolute Gasteiger partial charge is 0.271 e. The van der Waals surface area contributed by atoms with Crippen molar-refractivity contribution in [2.75, 3.05) is 5.32 Å². The molecule has 4 aromatic carbocycles. The maximum absolute atomic E-state index is 12.6. The van der Waals surface area contributed by atoms with Gasteiger partial charge in [-0.25, -0.2) is 5.43 Å². The van der Waals surface area contributed by atoms with Gasteiger partial charge in [0, 0.05) is 22.2 Å². The number of nitrogens with zero attached hydrogens (tertiary/aromatic N) is 1. The lowest BCUT2D eigenvalue weighted by Crippen LogP contribution is -2.17. The van der Waals surface area contributed by atoms with E-state index in [9.17, 15) is 19.8 Å². The first-order valence-electron chi connectivity index (χ1n) is 10.3. The molecule has 0 saturated carbocycles. The van der Waals surface area contributed by atoms with Gasteiger partial charge in [-0.05, 0) is 47.3 Å². The molecule has 0 heterocycles. The highest BCUT2D eigenvalue weighted by Crippen LogP contribution is 2.27. The first-order valence-corrected chi connectivity index (χ1v) is 10.7. The van der Waals surface area contributed by atoms with Gasteiger partial charge in [-0.1, -0.05) is 54.1 Å². The van der Waals surface area contributed by atoms with Crippen LogP contribution in [0.25, 0.3) is 10.8 Å². The highest BCUT2D eigenvalue weighted by Gasteiger charge is 2.10. The van der Waals surface area contributed by atoms with Gasteiger partial charge in [-0.15, -0.1) is 0 Å². The molecule has 0 saturated heterocycles. The Morgan fingerprint density at radius 2 is 1.71 bits per heavy atom. The lowest BCUT2D eigenvalue weighted by molar-refractivity contribution is -0.115. The van der Waals surface area contributed by atoms with Gasteiger partial charge in [0.05, 0.1) is 17.7 Å². The highest BCUT2D eigenvalue weighted by molar-refractivity contribution is 6.32. The van der Waals surface area contributed by atoms with E-state index in [1.165, 1.54) is 24.4 Å². The molecule has 0 aliphatic rings. The van der Waals surface area contributed by atoms with Crippen molar-refractivity contribution in [3.8, 4) is 11.5 Å². The lowest BCUT2D eigenvalue weighted by Gasteiger charge is -2.11. The second-order valence-electron chi connectivity index (χ2n) is 7.51. The molecule has 0 unspecified atom stereocenters. The Balaban J connectivity index is 1.50. The van der Waals surface area contributed by atoms with Gasteiger partial charge in [0.2, 0.25) is 5.91 Å². The quantitative estimate of drug-likeness (QED) is 0.237. The van der Waals surface area contributed by atoms with Gasteiger partial charge in [0.15, 0.2) is 0 Å². The molecule has 0 atom stereocenters. The largest absolute Gasteiger partial charge is 0.508 e. The zero-order chi connectivity index (χ0) is 24.1. The summed E-state index contributed by atoms with van der Waals surface area (Å²) in [5.41, 5.74) is 4.78. The Morgan fingerprint density at radius 1 is 0.912 bits per heavy atom. The number of phenolic OH excluding ortho intramolecular Hbond substituents is 2. The van der Waals surface area contributed by atoms with Crippen LogP contribution in [-0.4, -0.2) is 28.2 Å². The van der Waals surface area contributed by atoms with E-state index in [4.69, 9.17) is 11.6 Å². The van der Waals surface area contributed by atoms with Crippen LogP contribution in [0.15, 0.2) is 84.0 Å². The van der Waals surface area contributed by atoms with Crippen LogP contribution in [-0.2, 0) is 11.2 Å². The molecule has 0 fully saturated rings. The molecule has 0 bridgehead atoms. The number of carbonyl (C=O) groups is 2. The van der Waals surface area contributed by atoms with Crippen molar-refractivity contribution in [3.63, 3.8) is 0 Å². The molecule has 0 spiro atoms. The molecular formula is C26H20ClN3O4. The SMILES string of the molecule is O=C(Cc1cccc(O)c1)Nc1ccc(/C=N/NC(=O)c2ccc(O)c(Cl)c2)c2ccccc12. The third-order valence-electron chi connectivity index (χ3n) is 5.09. The predicted octanol–water partition coefficient (Wildman–Crippen LogP) is 4.85. The normalized spacial score (nSPS) is 11.0. The van der Waals surface area contributed by atoms with Gasteiger partial charge in [-0.3, -0.25) is 9.59 Å². The molecule has 34 heavy (non-hydrogen) atoms. The standard InChI is InChI=1S/C26H20ClN3O4/c27-22-14-17(9-11-24(22)32)26(34)30-28-15-18-8-10-23(21-7-2-1-6-20(18)21)29-25(33)13-16-4-3-5-19(31)12-16/h1-12,14-15,31-32H,13H2,(H,29,33)(H,30,34)/b28-15+. The van der Waals surface area contributed by atoms with E-state index in [1.807, 2.05) is 24.3 Å². The number of rotatable bonds is 6. The highest BCUT2D eigenvalue weighted by atomic mass is 35.5. The van der Waals surface area contributed by atoms with Gasteiger partial charge in [-0.2, -0.15) is 5.10 Å². The minimum absolute atomic E-state index is 0.0734. The van der Waals surface area contributed by atoms with Crippen LogP contribution in [0, 0.1) is 0 Å². The lowest BCUT2D eigenvalue weighted by atomic mass is 10.0. The van der Waals surface area contributed by atoms with E-state index in [2.05, 4.69) is 15.8 Å². The third kappa shape index (κ3) is 5.33. The van der Waals surface area contributed by atoms with E-state index >= 15 is 0 Å². The summed E-state index contributed by atoms with van der Waals surface area (Å²) in [6.07, 6.45) is 1.64. The van der Waals surface area contributed by atoms with Gasteiger partial charge in [0.1, 0.15) is 11.5 Å². The summed E-state index contributed by atoms with van der Waals surface area (Å²) in [7, 11) is 0. The Morgan fingerprint density at radius 3 is 2.47 bits per heavy atom. The Hall–Kier alpha value is -4.36. The molecule has 0 aliphatic heterocycles. The summed E-state index contributed by atoms with van der Waals surface area (Å²) < 4.78 is 0. The molecule has 7 nitrogen and oxygen atoms in total. The number of halogens is 1. The number of aromatic hydroxyl groups is 2. The average molecular weight is 474 g/mol. The second kappa shape index (κ2) is 10.1. The fraction of sp³-hybridized carbons (Fsp3) is 0.0385. The van der Waals surface area contributed by atoms with Crippen LogP contribution >= 0.6 is 11.6 Å². The summed E-state index contributed by atoms with van der Waals surface area (Å²) >= 11 is 5.85. The minimum Gasteiger partial charge on any atom is -0.508 e. The summed E-state index contributed by atoms with van der Waals surface area (Å²) in [6, 6.07) is 21.8. The number of anilines is 1. The number of fused-ring (bicyclic) bond motifs is 1. The zero-order valence-electron chi connectivity index (χ0n) is 17.8. The van der Waals surface area contributed by atoms with Gasteiger partial charge >= 0.3 is 0 Å². The van der Waals surface area contributed by atoms with Crippen molar-refractivity contribution in [3.05, 3.63) is 101 Å². The van der Waals surface area contributed by atoms with Crippen LogP contribution < -0.4 is 10.7 Å². The molecule has 2 amide bonds. The van der Waals surface area contributed by atoms with E-state index < -0.39 is 5.91 Å². The third-order valence-corrected chi connectivity index (χ3v) is 5.39. The Labute approximate surface area is 200 Å². The summed E-state index contributed by atoms with van der Waals surface area (Å²) in [5.74, 6) is -0.683. The monoisotopic (exact) mass is 473 g/mol. The Kier molecular flexibility index (Phi) is 6.75. The zero-order valence-corrected chi connectivity index (χ0v) is 18.6.